The molecule has 144 valence electrons. The monoisotopic (exact) mass is 368 g/mol. The molecule has 1 atom stereocenters. The summed E-state index contributed by atoms with van der Waals surface area (Å²) in [6.07, 6.45) is 1.80. The van der Waals surface area contributed by atoms with Crippen molar-refractivity contribution < 1.29 is 15.0 Å². The van der Waals surface area contributed by atoms with Crippen LogP contribution >= 0.6 is 0 Å². The topological polar surface area (TPSA) is 72.8 Å². The molecular formula is C22H28N2O3. The first-order chi connectivity index (χ1) is 13.1. The Balaban J connectivity index is 1.37. The summed E-state index contributed by atoms with van der Waals surface area (Å²) in [6, 6.07) is 16.9. The summed E-state index contributed by atoms with van der Waals surface area (Å²) < 4.78 is 0. The van der Waals surface area contributed by atoms with Crippen LogP contribution in [-0.4, -0.2) is 47.3 Å². The first-order valence-corrected chi connectivity index (χ1v) is 9.60. The van der Waals surface area contributed by atoms with Gasteiger partial charge >= 0.3 is 5.97 Å². The lowest BCUT2D eigenvalue weighted by Gasteiger charge is -2.33. The Morgan fingerprint density at radius 3 is 2.56 bits per heavy atom. The second-order valence-corrected chi connectivity index (χ2v) is 7.31. The van der Waals surface area contributed by atoms with Crippen LogP contribution in [0.25, 0.3) is 0 Å². The lowest BCUT2D eigenvalue weighted by molar-refractivity contribution is 0.0696. The van der Waals surface area contributed by atoms with E-state index in [4.69, 9.17) is 5.11 Å². The number of β-amino-alcohol motifs (C(OH)–C–C–N with tert-alkyl or cyclic N) is 1. The highest BCUT2D eigenvalue weighted by Gasteiger charge is 2.21. The van der Waals surface area contributed by atoms with Gasteiger partial charge in [0.1, 0.15) is 0 Å². The summed E-state index contributed by atoms with van der Waals surface area (Å²) in [5.74, 6) is -0.264. The van der Waals surface area contributed by atoms with Crippen LogP contribution in [0, 0.1) is 5.92 Å². The minimum atomic E-state index is -0.887. The Morgan fingerprint density at radius 1 is 1.11 bits per heavy atom. The smallest absolute Gasteiger partial charge is 0.335 e. The van der Waals surface area contributed by atoms with Crippen molar-refractivity contribution in [3.8, 4) is 0 Å². The summed E-state index contributed by atoms with van der Waals surface area (Å²) in [5, 5.41) is 22.9. The number of rotatable bonds is 8. The maximum Gasteiger partial charge on any atom is 0.335 e. The SMILES string of the molecule is O=C(O)c1cccc(CNCC2CCN(CC(O)c3ccccc3)CC2)c1. The zero-order valence-electron chi connectivity index (χ0n) is 15.6. The Kier molecular flexibility index (Phi) is 6.98. The molecule has 1 heterocycles. The van der Waals surface area contributed by atoms with Gasteiger partial charge < -0.3 is 20.4 Å². The molecule has 3 N–H and O–H groups in total. The van der Waals surface area contributed by atoms with Crippen LogP contribution in [0.5, 0.6) is 0 Å². The van der Waals surface area contributed by atoms with E-state index >= 15 is 0 Å². The number of carboxylic acids is 1. The van der Waals surface area contributed by atoms with Gasteiger partial charge in [0, 0.05) is 13.1 Å². The fourth-order valence-corrected chi connectivity index (χ4v) is 3.63. The van der Waals surface area contributed by atoms with Gasteiger partial charge in [-0.3, -0.25) is 0 Å². The predicted molar refractivity (Wildman–Crippen MR) is 106 cm³/mol. The second-order valence-electron chi connectivity index (χ2n) is 7.31. The number of nitrogens with zero attached hydrogens (tertiary/aromatic N) is 1. The first kappa shape index (κ1) is 19.5. The van der Waals surface area contributed by atoms with Crippen molar-refractivity contribution >= 4 is 5.97 Å². The molecule has 27 heavy (non-hydrogen) atoms. The Morgan fingerprint density at radius 2 is 1.85 bits per heavy atom. The van der Waals surface area contributed by atoms with Gasteiger partial charge in [0.05, 0.1) is 11.7 Å². The standard InChI is InChI=1S/C22H28N2O3/c25-21(19-6-2-1-3-7-19)16-24-11-9-17(10-12-24)14-23-15-18-5-4-8-20(13-18)22(26)27/h1-8,13,17,21,23,25H,9-12,14-16H2,(H,26,27). The van der Waals surface area contributed by atoms with Crippen LogP contribution in [0.4, 0.5) is 0 Å². The molecule has 0 bridgehead atoms. The predicted octanol–water partition coefficient (Wildman–Crippen LogP) is 2.92. The van der Waals surface area contributed by atoms with Crippen molar-refractivity contribution in [3.63, 3.8) is 0 Å². The third-order valence-electron chi connectivity index (χ3n) is 5.26. The fourth-order valence-electron chi connectivity index (χ4n) is 3.63. The summed E-state index contributed by atoms with van der Waals surface area (Å²) in [6.45, 7) is 4.32. The Bertz CT molecular complexity index is 727. The number of hydrogen-bond donors (Lipinski definition) is 3. The number of aliphatic hydroxyl groups is 1. The van der Waals surface area contributed by atoms with Crippen LogP contribution in [0.2, 0.25) is 0 Å². The van der Waals surface area contributed by atoms with Crippen molar-refractivity contribution in [2.24, 2.45) is 5.92 Å². The van der Waals surface area contributed by atoms with E-state index in [0.717, 1.165) is 43.6 Å². The average Bonchev–Trinajstić information content (AvgIpc) is 2.70. The molecule has 0 saturated carbocycles. The molecule has 1 unspecified atom stereocenters. The highest BCUT2D eigenvalue weighted by molar-refractivity contribution is 5.87. The Labute approximate surface area is 160 Å². The zero-order valence-corrected chi connectivity index (χ0v) is 15.6. The molecule has 0 aromatic heterocycles. The highest BCUT2D eigenvalue weighted by Crippen LogP contribution is 2.20. The van der Waals surface area contributed by atoms with Crippen molar-refractivity contribution in [3.05, 3.63) is 71.3 Å². The van der Waals surface area contributed by atoms with Crippen molar-refractivity contribution in [2.75, 3.05) is 26.2 Å². The van der Waals surface area contributed by atoms with Gasteiger partial charge in [-0.25, -0.2) is 4.79 Å². The molecule has 0 aliphatic carbocycles. The number of carboxylic acid groups (broad SMARTS) is 1. The van der Waals surface area contributed by atoms with E-state index in [-0.39, 0.29) is 0 Å². The van der Waals surface area contributed by atoms with Gasteiger partial charge in [0.2, 0.25) is 0 Å². The molecule has 0 spiro atoms. The molecule has 0 radical (unpaired) electrons. The third-order valence-corrected chi connectivity index (χ3v) is 5.26. The Hall–Kier alpha value is -2.21. The number of nitrogens with one attached hydrogen (secondary N) is 1. The van der Waals surface area contributed by atoms with Crippen molar-refractivity contribution in [1.82, 2.24) is 10.2 Å². The van der Waals surface area contributed by atoms with E-state index in [9.17, 15) is 9.90 Å². The fraction of sp³-hybridized carbons (Fsp3) is 0.409. The molecule has 1 fully saturated rings. The van der Waals surface area contributed by atoms with Crippen molar-refractivity contribution in [1.29, 1.82) is 0 Å². The highest BCUT2D eigenvalue weighted by atomic mass is 16.4. The van der Waals surface area contributed by atoms with Gasteiger partial charge in [0.15, 0.2) is 0 Å². The molecule has 2 aromatic rings. The zero-order chi connectivity index (χ0) is 19.1. The molecule has 1 saturated heterocycles. The molecule has 5 heteroatoms. The van der Waals surface area contributed by atoms with Crippen LogP contribution in [-0.2, 0) is 6.54 Å². The molecule has 5 nitrogen and oxygen atoms in total. The summed E-state index contributed by atoms with van der Waals surface area (Å²) in [7, 11) is 0. The lowest BCUT2D eigenvalue weighted by Crippen LogP contribution is -2.39. The van der Waals surface area contributed by atoms with E-state index in [1.54, 1.807) is 18.2 Å². The molecule has 2 aromatic carbocycles. The van der Waals surface area contributed by atoms with E-state index < -0.39 is 12.1 Å². The third kappa shape index (κ3) is 5.89. The number of aliphatic hydroxyl groups excluding tert-OH is 1. The number of piperidine rings is 1. The van der Waals surface area contributed by atoms with Crippen molar-refractivity contribution in [2.45, 2.75) is 25.5 Å². The van der Waals surface area contributed by atoms with Gasteiger partial charge in [-0.1, -0.05) is 42.5 Å². The maximum absolute atomic E-state index is 11.0. The second kappa shape index (κ2) is 9.65. The number of aromatic carboxylic acids is 1. The molecule has 3 rings (SSSR count). The van der Waals surface area contributed by atoms with E-state index in [1.807, 2.05) is 36.4 Å². The van der Waals surface area contributed by atoms with Gasteiger partial charge in [-0.2, -0.15) is 0 Å². The van der Waals surface area contributed by atoms with E-state index in [2.05, 4.69) is 10.2 Å². The first-order valence-electron chi connectivity index (χ1n) is 9.60. The molecule has 0 amide bonds. The van der Waals surface area contributed by atoms with Gasteiger partial charge in [0.25, 0.3) is 0 Å². The summed E-state index contributed by atoms with van der Waals surface area (Å²) in [4.78, 5) is 13.4. The van der Waals surface area contributed by atoms with Gasteiger partial charge in [-0.15, -0.1) is 0 Å². The number of benzene rings is 2. The molecule has 1 aliphatic heterocycles. The van der Waals surface area contributed by atoms with E-state index in [1.165, 1.54) is 0 Å². The minimum absolute atomic E-state index is 0.333. The maximum atomic E-state index is 11.0. The average molecular weight is 368 g/mol. The lowest BCUT2D eigenvalue weighted by atomic mass is 9.96. The van der Waals surface area contributed by atoms with Crippen LogP contribution in [0.15, 0.2) is 54.6 Å². The number of likely N-dealkylation sites (tertiary alicyclic amines) is 1. The summed E-state index contributed by atoms with van der Waals surface area (Å²) >= 11 is 0. The summed E-state index contributed by atoms with van der Waals surface area (Å²) in [5.41, 5.74) is 2.31. The van der Waals surface area contributed by atoms with Crippen LogP contribution in [0.3, 0.4) is 0 Å². The minimum Gasteiger partial charge on any atom is -0.478 e. The number of hydrogen-bond acceptors (Lipinski definition) is 4. The quantitative estimate of drug-likeness (QED) is 0.668. The van der Waals surface area contributed by atoms with Crippen LogP contribution in [0.1, 0.15) is 40.4 Å². The van der Waals surface area contributed by atoms with Crippen LogP contribution < -0.4 is 5.32 Å². The molecule has 1 aliphatic rings. The molecular weight excluding hydrogens is 340 g/mol. The van der Waals surface area contributed by atoms with Gasteiger partial charge in [-0.05, 0) is 61.7 Å². The number of carbonyl (C=O) groups is 1. The normalized spacial score (nSPS) is 16.9. The van der Waals surface area contributed by atoms with E-state index in [0.29, 0.717) is 24.6 Å². The largest absolute Gasteiger partial charge is 0.478 e.